The van der Waals surface area contributed by atoms with Gasteiger partial charge in [0.25, 0.3) is 0 Å². The van der Waals surface area contributed by atoms with Crippen LogP contribution in [0.25, 0.3) is 0 Å². The van der Waals surface area contributed by atoms with E-state index in [1.54, 1.807) is 12.3 Å². The van der Waals surface area contributed by atoms with Gasteiger partial charge in [-0.25, -0.2) is 0 Å². The Hall–Kier alpha value is 1.07. The molecule has 0 spiro atoms. The molecule has 7 heteroatoms. The first-order valence-electron chi connectivity index (χ1n) is 4.40. The van der Waals surface area contributed by atoms with E-state index in [2.05, 4.69) is 13.8 Å². The first-order valence-corrected chi connectivity index (χ1v) is 11.1. The van der Waals surface area contributed by atoms with Crippen LogP contribution in [0.3, 0.4) is 0 Å². The summed E-state index contributed by atoms with van der Waals surface area (Å²) in [5.74, 6) is 0. The van der Waals surface area contributed by atoms with Crippen molar-refractivity contribution in [3.8, 4) is 0 Å². The van der Waals surface area contributed by atoms with E-state index in [0.29, 0.717) is 29.9 Å². The maximum atomic E-state index is 11.2. The van der Waals surface area contributed by atoms with Crippen LogP contribution in [0.15, 0.2) is 29.8 Å². The Bertz CT molecular complexity index is 536. The molecular formula is C9H6OS4Se2. The van der Waals surface area contributed by atoms with Crippen LogP contribution >= 0.6 is 46.2 Å². The molecule has 0 bridgehead atoms. The van der Waals surface area contributed by atoms with Gasteiger partial charge >= 0.3 is 124 Å². The number of rotatable bonds is 0. The molecule has 3 heterocycles. The molecule has 1 aromatic rings. The van der Waals surface area contributed by atoms with Gasteiger partial charge in [0, 0.05) is 0 Å². The molecule has 0 amide bonds. The van der Waals surface area contributed by atoms with Gasteiger partial charge in [0.15, 0.2) is 0 Å². The third kappa shape index (κ3) is 2.17. The normalized spacial score (nSPS) is 19.9. The van der Waals surface area contributed by atoms with Crippen molar-refractivity contribution in [2.45, 2.75) is 22.3 Å². The molecular weight excluding hydrogens is 410 g/mol. The van der Waals surface area contributed by atoms with Crippen LogP contribution in [-0.2, 0) is 0 Å². The summed E-state index contributed by atoms with van der Waals surface area (Å²) >= 11 is 7.66. The number of hydrogen-bond donors (Lipinski definition) is 0. The molecule has 2 aliphatic rings. The summed E-state index contributed by atoms with van der Waals surface area (Å²) in [6, 6.07) is 0. The topological polar surface area (TPSA) is 17.1 Å². The van der Waals surface area contributed by atoms with Crippen LogP contribution < -0.4 is 4.06 Å². The van der Waals surface area contributed by atoms with Gasteiger partial charge in [0.1, 0.15) is 0 Å². The standard InChI is InChI=1S/C9H6OS4Se2/c1-3-4(2)16-8(15-3)7-11-5-6(12-7)14-9(10)13-5/h1-2H3. The zero-order valence-corrected chi connectivity index (χ0v) is 15.0. The summed E-state index contributed by atoms with van der Waals surface area (Å²) < 4.78 is 9.08. The van der Waals surface area contributed by atoms with Gasteiger partial charge in [-0.2, -0.15) is 0 Å². The van der Waals surface area contributed by atoms with Crippen molar-refractivity contribution in [2.24, 2.45) is 0 Å². The molecule has 1 nitrogen and oxygen atoms in total. The van der Waals surface area contributed by atoms with Gasteiger partial charge in [0.05, 0.1) is 0 Å². The van der Waals surface area contributed by atoms with Crippen molar-refractivity contribution < 1.29 is 0 Å². The van der Waals surface area contributed by atoms with E-state index in [9.17, 15) is 4.79 Å². The molecule has 16 heavy (non-hydrogen) atoms. The summed E-state index contributed by atoms with van der Waals surface area (Å²) in [6.45, 7) is 4.53. The van der Waals surface area contributed by atoms with E-state index in [1.807, 2.05) is 23.5 Å². The summed E-state index contributed by atoms with van der Waals surface area (Å²) in [6.07, 6.45) is 0. The number of thioether (sulfide) groups is 2. The van der Waals surface area contributed by atoms with E-state index in [0.717, 1.165) is 0 Å². The molecule has 0 saturated heterocycles. The maximum absolute atomic E-state index is 11.2. The van der Waals surface area contributed by atoms with E-state index < -0.39 is 0 Å². The van der Waals surface area contributed by atoms with Gasteiger partial charge in [-0.3, -0.25) is 0 Å². The quantitative estimate of drug-likeness (QED) is 0.605. The molecule has 2 aliphatic heterocycles. The average molecular weight is 416 g/mol. The second kappa shape index (κ2) is 4.63. The minimum atomic E-state index is 0.238. The van der Waals surface area contributed by atoms with Gasteiger partial charge < -0.3 is 0 Å². The molecule has 84 valence electrons. The van der Waals surface area contributed by atoms with E-state index >= 15 is 0 Å². The molecule has 0 unspecified atom stereocenters. The molecule has 0 aliphatic carbocycles. The third-order valence-electron chi connectivity index (χ3n) is 2.04. The minimum absolute atomic E-state index is 0.238. The van der Waals surface area contributed by atoms with Gasteiger partial charge in [-0.05, 0) is 0 Å². The number of allylic oxidation sites excluding steroid dienone is 2. The molecule has 0 atom stereocenters. The molecule has 0 saturated carbocycles. The van der Waals surface area contributed by atoms with Crippen molar-refractivity contribution in [3.05, 3.63) is 25.4 Å². The summed E-state index contributed by atoms with van der Waals surface area (Å²) in [5, 5.41) is 0. The zero-order chi connectivity index (χ0) is 11.3. The fourth-order valence-corrected chi connectivity index (χ4v) is 14.8. The SMILES string of the molecule is CC1=C(C)[Se]C(=C2Sc3sc(=O)sc3S2)[Se]1. The summed E-state index contributed by atoms with van der Waals surface area (Å²) in [5.41, 5.74) is 0. The predicted octanol–water partition coefficient (Wildman–Crippen LogP) is 3.17. The van der Waals surface area contributed by atoms with Crippen molar-refractivity contribution in [1.29, 1.82) is 0 Å². The second-order valence-corrected chi connectivity index (χ2v) is 14.6. The van der Waals surface area contributed by atoms with E-state index in [1.165, 1.54) is 35.3 Å². The second-order valence-electron chi connectivity index (χ2n) is 3.12. The summed E-state index contributed by atoms with van der Waals surface area (Å²) in [4.78, 5) is 11.2. The van der Waals surface area contributed by atoms with Gasteiger partial charge in [0.2, 0.25) is 0 Å². The van der Waals surface area contributed by atoms with Gasteiger partial charge in [-0.15, -0.1) is 0 Å². The van der Waals surface area contributed by atoms with Crippen molar-refractivity contribution in [2.75, 3.05) is 0 Å². The first-order chi connectivity index (χ1) is 7.63. The Labute approximate surface area is 122 Å². The van der Waals surface area contributed by atoms with Crippen LogP contribution in [0.2, 0.25) is 0 Å². The molecule has 0 radical (unpaired) electrons. The molecule has 1 aromatic heterocycles. The number of fused-ring (bicyclic) bond motifs is 1. The Morgan fingerprint density at radius 3 is 1.94 bits per heavy atom. The van der Waals surface area contributed by atoms with Gasteiger partial charge in [-0.1, -0.05) is 0 Å². The van der Waals surface area contributed by atoms with Crippen LogP contribution in [0, 0.1) is 0 Å². The number of hydrogen-bond acceptors (Lipinski definition) is 5. The Morgan fingerprint density at radius 2 is 1.44 bits per heavy atom. The summed E-state index contributed by atoms with van der Waals surface area (Å²) in [7, 11) is 0. The average Bonchev–Trinajstić information content (AvgIpc) is 2.80. The van der Waals surface area contributed by atoms with Crippen molar-refractivity contribution in [1.82, 2.24) is 0 Å². The van der Waals surface area contributed by atoms with E-state index in [4.69, 9.17) is 0 Å². The Morgan fingerprint density at radius 1 is 0.938 bits per heavy atom. The zero-order valence-electron chi connectivity index (χ0n) is 8.36. The Balaban J connectivity index is 1.90. The molecule has 0 aromatic carbocycles. The van der Waals surface area contributed by atoms with Crippen LogP contribution in [0.5, 0.6) is 0 Å². The van der Waals surface area contributed by atoms with E-state index in [-0.39, 0.29) is 4.06 Å². The monoisotopic (exact) mass is 418 g/mol. The fraction of sp³-hybridized carbons (Fsp3) is 0.222. The van der Waals surface area contributed by atoms with Crippen LogP contribution in [-0.4, -0.2) is 29.9 Å². The molecule has 0 fully saturated rings. The first kappa shape index (κ1) is 12.1. The Kier molecular flexibility index (Phi) is 3.51. The predicted molar refractivity (Wildman–Crippen MR) is 77.1 cm³/mol. The third-order valence-corrected chi connectivity index (χ3v) is 15.1. The van der Waals surface area contributed by atoms with Crippen LogP contribution in [0.1, 0.15) is 13.8 Å². The fourth-order valence-electron chi connectivity index (χ4n) is 1.18. The molecule has 0 N–H and O–H groups in total. The van der Waals surface area contributed by atoms with Crippen molar-refractivity contribution >= 4 is 76.1 Å². The van der Waals surface area contributed by atoms with Crippen molar-refractivity contribution in [3.63, 3.8) is 0 Å². The molecule has 3 rings (SSSR count). The van der Waals surface area contributed by atoms with Crippen LogP contribution in [0.4, 0.5) is 0 Å².